The van der Waals surface area contributed by atoms with Gasteiger partial charge in [0.15, 0.2) is 0 Å². The number of hydrogen-bond donors (Lipinski definition) is 0. The number of carbonyl (C=O) groups excluding carboxylic acids is 1. The predicted molar refractivity (Wildman–Crippen MR) is 63.0 cm³/mol. The van der Waals surface area contributed by atoms with E-state index >= 15 is 0 Å². The number of hydrogen-bond acceptors (Lipinski definition) is 1. The number of carbonyl (C=O) groups is 1. The third kappa shape index (κ3) is 0.683. The molecule has 5 saturated carbocycles. The van der Waals surface area contributed by atoms with Crippen molar-refractivity contribution in [3.8, 4) is 0 Å². The van der Waals surface area contributed by atoms with Crippen LogP contribution in [0.15, 0.2) is 0 Å². The molecular formula is C15H22O. The highest BCUT2D eigenvalue weighted by molar-refractivity contribution is 5.97. The highest BCUT2D eigenvalue weighted by Gasteiger charge is 2.79. The lowest BCUT2D eigenvalue weighted by Gasteiger charge is -2.58. The Kier molecular flexibility index (Phi) is 1.46. The van der Waals surface area contributed by atoms with Gasteiger partial charge in [0.2, 0.25) is 0 Å². The maximum atomic E-state index is 12.9. The van der Waals surface area contributed by atoms with E-state index in [1.807, 2.05) is 0 Å². The van der Waals surface area contributed by atoms with Crippen LogP contribution in [0.3, 0.4) is 0 Å². The van der Waals surface area contributed by atoms with E-state index in [1.165, 1.54) is 44.9 Å². The molecule has 0 aromatic carbocycles. The van der Waals surface area contributed by atoms with Crippen LogP contribution in [0.5, 0.6) is 0 Å². The summed E-state index contributed by atoms with van der Waals surface area (Å²) < 4.78 is 0. The molecule has 4 bridgehead atoms. The maximum absolute atomic E-state index is 12.9. The Morgan fingerprint density at radius 3 is 2.62 bits per heavy atom. The van der Waals surface area contributed by atoms with Gasteiger partial charge in [-0.2, -0.15) is 0 Å². The minimum Gasteiger partial charge on any atom is -0.298 e. The lowest BCUT2D eigenvalue weighted by atomic mass is 9.45. The molecule has 0 aromatic heterocycles. The van der Waals surface area contributed by atoms with Gasteiger partial charge in [-0.15, -0.1) is 0 Å². The quantitative estimate of drug-likeness (QED) is 0.607. The first kappa shape index (κ1) is 9.67. The van der Waals surface area contributed by atoms with Crippen molar-refractivity contribution in [3.05, 3.63) is 0 Å². The number of rotatable bonds is 0. The molecule has 0 N–H and O–H groups in total. The van der Waals surface area contributed by atoms with Gasteiger partial charge in [0, 0.05) is 10.8 Å². The fourth-order valence-corrected chi connectivity index (χ4v) is 6.66. The topological polar surface area (TPSA) is 17.1 Å². The van der Waals surface area contributed by atoms with Gasteiger partial charge in [-0.05, 0) is 49.4 Å². The summed E-state index contributed by atoms with van der Waals surface area (Å²) in [5.41, 5.74) is 0.601. The Hall–Kier alpha value is -0.330. The highest BCUT2D eigenvalue weighted by Crippen LogP contribution is 2.80. The summed E-state index contributed by atoms with van der Waals surface area (Å²) in [6, 6.07) is 0. The van der Waals surface area contributed by atoms with E-state index in [-0.39, 0.29) is 10.8 Å². The summed E-state index contributed by atoms with van der Waals surface area (Å²) in [6.07, 6.45) is 9.13. The third-order valence-corrected chi connectivity index (χ3v) is 7.04. The summed E-state index contributed by atoms with van der Waals surface area (Å²) in [5.74, 6) is 2.21. The number of Topliss-reactive ketones (excluding diaryl/α,β-unsaturated/α-hetero) is 1. The van der Waals surface area contributed by atoms with Crippen molar-refractivity contribution in [3.63, 3.8) is 0 Å². The third-order valence-electron chi connectivity index (χ3n) is 7.04. The number of fused-ring (bicyclic) bond motifs is 1. The first-order chi connectivity index (χ1) is 7.55. The zero-order valence-electron chi connectivity index (χ0n) is 10.5. The Bertz CT molecular complexity index is 387. The van der Waals surface area contributed by atoms with Crippen molar-refractivity contribution in [2.24, 2.45) is 28.1 Å². The van der Waals surface area contributed by atoms with Gasteiger partial charge in [0.1, 0.15) is 5.78 Å². The molecule has 5 aliphatic rings. The molecule has 5 atom stereocenters. The van der Waals surface area contributed by atoms with Crippen LogP contribution < -0.4 is 0 Å². The van der Waals surface area contributed by atoms with E-state index in [0.29, 0.717) is 11.2 Å². The molecule has 5 rings (SSSR count). The molecule has 0 aliphatic heterocycles. The smallest absolute Gasteiger partial charge is 0.146 e. The van der Waals surface area contributed by atoms with Crippen LogP contribution in [0.4, 0.5) is 0 Å². The first-order valence-corrected chi connectivity index (χ1v) is 7.10. The van der Waals surface area contributed by atoms with Crippen molar-refractivity contribution in [1.82, 2.24) is 0 Å². The predicted octanol–water partition coefficient (Wildman–Crippen LogP) is 3.57. The average Bonchev–Trinajstić information content (AvgIpc) is 2.53. The fraction of sp³-hybridized carbons (Fsp3) is 0.933. The van der Waals surface area contributed by atoms with E-state index in [2.05, 4.69) is 13.8 Å². The zero-order chi connectivity index (χ0) is 11.2. The molecule has 1 nitrogen and oxygen atoms in total. The monoisotopic (exact) mass is 218 g/mol. The molecule has 1 unspecified atom stereocenters. The van der Waals surface area contributed by atoms with E-state index in [1.54, 1.807) is 0 Å². The van der Waals surface area contributed by atoms with Crippen molar-refractivity contribution in [2.45, 2.75) is 58.8 Å². The van der Waals surface area contributed by atoms with Crippen LogP contribution in [0, 0.1) is 28.1 Å². The van der Waals surface area contributed by atoms with E-state index < -0.39 is 0 Å². The molecule has 0 saturated heterocycles. The van der Waals surface area contributed by atoms with Crippen LogP contribution >= 0.6 is 0 Å². The van der Waals surface area contributed by atoms with E-state index in [0.717, 1.165) is 11.8 Å². The van der Waals surface area contributed by atoms with Crippen LogP contribution in [-0.4, -0.2) is 5.78 Å². The molecule has 0 amide bonds. The summed E-state index contributed by atoms with van der Waals surface area (Å²) >= 11 is 0. The molecular weight excluding hydrogens is 196 g/mol. The lowest BCUT2D eigenvalue weighted by Crippen LogP contribution is -2.52. The van der Waals surface area contributed by atoms with Gasteiger partial charge < -0.3 is 0 Å². The fourth-order valence-electron chi connectivity index (χ4n) is 6.66. The van der Waals surface area contributed by atoms with Crippen LogP contribution in [0.2, 0.25) is 0 Å². The SMILES string of the molecule is C[C@]12CC[C@@H]3C4CCCC[C@@]41C(=O)[C@]3(C)C2. The molecule has 1 spiro atoms. The largest absolute Gasteiger partial charge is 0.298 e. The van der Waals surface area contributed by atoms with Crippen molar-refractivity contribution in [2.75, 3.05) is 0 Å². The van der Waals surface area contributed by atoms with E-state index in [9.17, 15) is 4.79 Å². The minimum atomic E-state index is 0.0853. The summed E-state index contributed by atoms with van der Waals surface area (Å²) in [4.78, 5) is 12.9. The van der Waals surface area contributed by atoms with Crippen LogP contribution in [-0.2, 0) is 4.79 Å². The molecule has 16 heavy (non-hydrogen) atoms. The number of ketones is 1. The summed E-state index contributed by atoms with van der Waals surface area (Å²) in [5, 5.41) is 0. The minimum absolute atomic E-state index is 0.0853. The molecule has 5 fully saturated rings. The summed E-state index contributed by atoms with van der Waals surface area (Å²) in [6.45, 7) is 4.73. The highest BCUT2D eigenvalue weighted by atomic mass is 16.1. The van der Waals surface area contributed by atoms with E-state index in [4.69, 9.17) is 0 Å². The Morgan fingerprint density at radius 1 is 1.06 bits per heavy atom. The average molecular weight is 218 g/mol. The molecule has 1 heteroatoms. The van der Waals surface area contributed by atoms with Gasteiger partial charge in [-0.1, -0.05) is 26.7 Å². The Labute approximate surface area is 98.0 Å². The van der Waals surface area contributed by atoms with Gasteiger partial charge in [0.05, 0.1) is 0 Å². The second-order valence-electron chi connectivity index (χ2n) is 7.45. The molecule has 0 heterocycles. The molecule has 0 aromatic rings. The zero-order valence-corrected chi connectivity index (χ0v) is 10.5. The normalized spacial score (nSPS) is 62.8. The maximum Gasteiger partial charge on any atom is 0.146 e. The standard InChI is InChI=1S/C15H22O/c1-13-8-6-10-11-5-3-4-7-15(11,13)12(16)14(10,2)9-13/h10-11H,3-9H2,1-2H3/t10-,11?,13-,14-,15+/m1/s1. The van der Waals surface area contributed by atoms with Crippen LogP contribution in [0.1, 0.15) is 58.8 Å². The Morgan fingerprint density at radius 2 is 1.88 bits per heavy atom. The van der Waals surface area contributed by atoms with Gasteiger partial charge in [0.25, 0.3) is 0 Å². The second-order valence-corrected chi connectivity index (χ2v) is 7.45. The van der Waals surface area contributed by atoms with Gasteiger partial charge >= 0.3 is 0 Å². The van der Waals surface area contributed by atoms with Crippen molar-refractivity contribution < 1.29 is 4.79 Å². The Balaban J connectivity index is 1.97. The lowest BCUT2D eigenvalue weighted by molar-refractivity contribution is -0.138. The molecule has 5 aliphatic carbocycles. The van der Waals surface area contributed by atoms with Crippen molar-refractivity contribution in [1.29, 1.82) is 0 Å². The van der Waals surface area contributed by atoms with Gasteiger partial charge in [-0.3, -0.25) is 4.79 Å². The van der Waals surface area contributed by atoms with Crippen LogP contribution in [0.25, 0.3) is 0 Å². The first-order valence-electron chi connectivity index (χ1n) is 7.10. The summed E-state index contributed by atoms with van der Waals surface area (Å²) in [7, 11) is 0. The van der Waals surface area contributed by atoms with Gasteiger partial charge in [-0.25, -0.2) is 0 Å². The van der Waals surface area contributed by atoms with Crippen molar-refractivity contribution >= 4 is 5.78 Å². The molecule has 0 radical (unpaired) electrons. The second kappa shape index (κ2) is 2.42. The molecule has 88 valence electrons.